The van der Waals surface area contributed by atoms with Crippen LogP contribution < -0.4 is 10.6 Å². The molecule has 0 aromatic carbocycles. The van der Waals surface area contributed by atoms with Gasteiger partial charge in [0.05, 0.1) is 0 Å². The Hall–Kier alpha value is -0.970. The van der Waals surface area contributed by atoms with E-state index in [1.807, 2.05) is 0 Å². The molecule has 74 valence electrons. The van der Waals surface area contributed by atoms with Crippen LogP contribution in [0.5, 0.6) is 0 Å². The van der Waals surface area contributed by atoms with Crippen LogP contribution in [0.4, 0.5) is 0 Å². The average Bonchev–Trinajstić information content (AvgIpc) is 2.09. The van der Waals surface area contributed by atoms with Crippen molar-refractivity contribution in [2.75, 3.05) is 12.3 Å². The third-order valence-electron chi connectivity index (χ3n) is 1.30. The number of rotatable bonds is 5. The van der Waals surface area contributed by atoms with Crippen LogP contribution in [0.2, 0.25) is 0 Å². The van der Waals surface area contributed by atoms with Crippen molar-refractivity contribution in [1.29, 1.82) is 0 Å². The molecule has 5 heteroatoms. The molecule has 0 aromatic rings. The fraction of sp³-hybridized carbons (Fsp3) is 0.500. The van der Waals surface area contributed by atoms with Crippen molar-refractivity contribution in [2.45, 2.75) is 13.0 Å². The zero-order valence-corrected chi connectivity index (χ0v) is 8.43. The summed E-state index contributed by atoms with van der Waals surface area (Å²) < 4.78 is 0. The van der Waals surface area contributed by atoms with Gasteiger partial charge in [-0.05, 0) is 0 Å². The van der Waals surface area contributed by atoms with E-state index in [-0.39, 0.29) is 17.6 Å². The van der Waals surface area contributed by atoms with Gasteiger partial charge in [0.15, 0.2) is 0 Å². The third kappa shape index (κ3) is 5.30. The van der Waals surface area contributed by atoms with E-state index >= 15 is 0 Å². The summed E-state index contributed by atoms with van der Waals surface area (Å²) in [6.45, 7) is 5.21. The molecule has 4 nitrogen and oxygen atoms in total. The van der Waals surface area contributed by atoms with Crippen molar-refractivity contribution in [3.63, 3.8) is 0 Å². The summed E-state index contributed by atoms with van der Waals surface area (Å²) in [5.41, 5.74) is 0. The van der Waals surface area contributed by atoms with Crippen LogP contribution >= 0.6 is 12.6 Å². The monoisotopic (exact) mass is 202 g/mol. The second-order valence-electron chi connectivity index (χ2n) is 2.47. The zero-order valence-electron chi connectivity index (χ0n) is 7.54. The topological polar surface area (TPSA) is 58.2 Å². The van der Waals surface area contributed by atoms with Crippen molar-refractivity contribution >= 4 is 24.4 Å². The highest BCUT2D eigenvalue weighted by atomic mass is 32.1. The van der Waals surface area contributed by atoms with Gasteiger partial charge in [-0.3, -0.25) is 9.59 Å². The number of carbonyl (C=O) groups is 2. The minimum absolute atomic E-state index is 0.243. The zero-order chi connectivity index (χ0) is 10.3. The molecule has 2 N–H and O–H groups in total. The molecule has 0 fully saturated rings. The maximum absolute atomic E-state index is 11.2. The van der Waals surface area contributed by atoms with Crippen LogP contribution in [0.15, 0.2) is 12.7 Å². The summed E-state index contributed by atoms with van der Waals surface area (Å²) in [7, 11) is 0. The number of hydrogen-bond donors (Lipinski definition) is 3. The molecule has 0 aliphatic heterocycles. The fourth-order valence-corrected chi connectivity index (χ4v) is 0.993. The van der Waals surface area contributed by atoms with Crippen molar-refractivity contribution in [3.05, 3.63) is 12.7 Å². The Morgan fingerprint density at radius 2 is 2.23 bits per heavy atom. The van der Waals surface area contributed by atoms with E-state index in [4.69, 9.17) is 0 Å². The van der Waals surface area contributed by atoms with E-state index in [1.165, 1.54) is 6.92 Å². The standard InChI is InChI=1S/C8H14N2O2S/c1-3-4-9-8(12)7(5-13)10-6(2)11/h3,7,13H,1,4-5H2,2H3,(H,9,12)(H,10,11). The molecule has 2 amide bonds. The third-order valence-corrected chi connectivity index (χ3v) is 1.66. The lowest BCUT2D eigenvalue weighted by molar-refractivity contribution is -0.127. The highest BCUT2D eigenvalue weighted by Gasteiger charge is 2.16. The number of thiol groups is 1. The number of carbonyl (C=O) groups excluding carboxylic acids is 2. The quantitative estimate of drug-likeness (QED) is 0.424. The summed E-state index contributed by atoms with van der Waals surface area (Å²) >= 11 is 3.95. The molecule has 0 aliphatic rings. The van der Waals surface area contributed by atoms with Crippen LogP contribution in [0.3, 0.4) is 0 Å². The Kier molecular flexibility index (Phi) is 6.05. The molecule has 0 spiro atoms. The summed E-state index contributed by atoms with van der Waals surface area (Å²) in [5, 5.41) is 5.04. The number of nitrogens with one attached hydrogen (secondary N) is 2. The molecule has 0 saturated heterocycles. The van der Waals surface area contributed by atoms with Gasteiger partial charge < -0.3 is 10.6 Å². The van der Waals surface area contributed by atoms with Crippen molar-refractivity contribution < 1.29 is 9.59 Å². The van der Waals surface area contributed by atoms with Gasteiger partial charge in [-0.15, -0.1) is 6.58 Å². The first-order valence-electron chi connectivity index (χ1n) is 3.88. The van der Waals surface area contributed by atoms with Gasteiger partial charge >= 0.3 is 0 Å². The number of amides is 2. The van der Waals surface area contributed by atoms with Crippen LogP contribution in [-0.4, -0.2) is 30.2 Å². The lowest BCUT2D eigenvalue weighted by Crippen LogP contribution is -2.47. The molecular weight excluding hydrogens is 188 g/mol. The predicted octanol–water partition coefficient (Wildman–Crippen LogP) is -0.277. The Balaban J connectivity index is 3.98. The molecule has 0 aliphatic carbocycles. The Labute approximate surface area is 83.2 Å². The summed E-state index contributed by atoms with van der Waals surface area (Å²) in [4.78, 5) is 21.9. The van der Waals surface area contributed by atoms with Crippen LogP contribution in [-0.2, 0) is 9.59 Å². The molecule has 0 rings (SSSR count). The van der Waals surface area contributed by atoms with Gasteiger partial charge in [-0.25, -0.2) is 0 Å². The molecule has 0 saturated carbocycles. The molecular formula is C8H14N2O2S. The van der Waals surface area contributed by atoms with E-state index in [1.54, 1.807) is 6.08 Å². The summed E-state index contributed by atoms with van der Waals surface area (Å²) in [6, 6.07) is -0.569. The lowest BCUT2D eigenvalue weighted by atomic mass is 10.3. The first-order valence-corrected chi connectivity index (χ1v) is 4.51. The molecule has 0 radical (unpaired) electrons. The van der Waals surface area contributed by atoms with Crippen LogP contribution in [0.25, 0.3) is 0 Å². The lowest BCUT2D eigenvalue weighted by Gasteiger charge is -2.14. The summed E-state index contributed by atoms with van der Waals surface area (Å²) in [5.74, 6) is -0.208. The predicted molar refractivity (Wildman–Crippen MR) is 54.7 cm³/mol. The minimum atomic E-state index is -0.569. The second kappa shape index (κ2) is 6.54. The Morgan fingerprint density at radius 3 is 2.62 bits per heavy atom. The van der Waals surface area contributed by atoms with Gasteiger partial charge in [0.2, 0.25) is 11.8 Å². The van der Waals surface area contributed by atoms with E-state index in [0.29, 0.717) is 6.54 Å². The maximum Gasteiger partial charge on any atom is 0.243 e. The molecule has 1 atom stereocenters. The smallest absolute Gasteiger partial charge is 0.243 e. The Bertz CT molecular complexity index is 206. The van der Waals surface area contributed by atoms with Gasteiger partial charge in [-0.2, -0.15) is 12.6 Å². The van der Waals surface area contributed by atoms with Gasteiger partial charge in [0, 0.05) is 19.2 Å². The van der Waals surface area contributed by atoms with Crippen molar-refractivity contribution in [1.82, 2.24) is 10.6 Å². The van der Waals surface area contributed by atoms with E-state index in [0.717, 1.165) is 0 Å². The van der Waals surface area contributed by atoms with Crippen LogP contribution in [0.1, 0.15) is 6.92 Å². The number of hydrogen-bond acceptors (Lipinski definition) is 3. The van der Waals surface area contributed by atoms with Gasteiger partial charge in [0.1, 0.15) is 6.04 Å². The SMILES string of the molecule is C=CCNC(=O)C(CS)NC(C)=O. The first-order chi connectivity index (χ1) is 6.11. The minimum Gasteiger partial charge on any atom is -0.351 e. The van der Waals surface area contributed by atoms with Gasteiger partial charge in [-0.1, -0.05) is 6.08 Å². The highest BCUT2D eigenvalue weighted by Crippen LogP contribution is 1.88. The fourth-order valence-electron chi connectivity index (χ4n) is 0.735. The molecule has 0 aromatic heterocycles. The second-order valence-corrected chi connectivity index (χ2v) is 2.83. The van der Waals surface area contributed by atoms with Gasteiger partial charge in [0.25, 0.3) is 0 Å². The normalized spacial score (nSPS) is 11.5. The van der Waals surface area contributed by atoms with Crippen molar-refractivity contribution in [2.24, 2.45) is 0 Å². The molecule has 0 bridgehead atoms. The largest absolute Gasteiger partial charge is 0.351 e. The molecule has 0 heterocycles. The van der Waals surface area contributed by atoms with Crippen molar-refractivity contribution in [3.8, 4) is 0 Å². The average molecular weight is 202 g/mol. The van der Waals surface area contributed by atoms with E-state index in [2.05, 4.69) is 29.8 Å². The highest BCUT2D eigenvalue weighted by molar-refractivity contribution is 7.80. The maximum atomic E-state index is 11.2. The van der Waals surface area contributed by atoms with E-state index < -0.39 is 6.04 Å². The summed E-state index contributed by atoms with van der Waals surface area (Å²) in [6.07, 6.45) is 1.57. The van der Waals surface area contributed by atoms with E-state index in [9.17, 15) is 9.59 Å². The first kappa shape index (κ1) is 12.0. The van der Waals surface area contributed by atoms with Crippen LogP contribution in [0, 0.1) is 0 Å². The Morgan fingerprint density at radius 1 is 1.62 bits per heavy atom. The molecule has 13 heavy (non-hydrogen) atoms. The molecule has 1 unspecified atom stereocenters.